The number of benzene rings is 1. The molecule has 0 aliphatic rings. The van der Waals surface area contributed by atoms with Crippen LogP contribution in [-0.2, 0) is 6.18 Å². The van der Waals surface area contributed by atoms with Gasteiger partial charge in [0, 0.05) is 0 Å². The topological polar surface area (TPSA) is 51.2 Å². The van der Waals surface area contributed by atoms with Crippen LogP contribution in [0.2, 0.25) is 5.15 Å². The maximum absolute atomic E-state index is 12.5. The Balaban J connectivity index is 2.07. The third-order valence-corrected chi connectivity index (χ3v) is 2.63. The fourth-order valence-electron chi connectivity index (χ4n) is 1.44. The highest BCUT2D eigenvalue weighted by Crippen LogP contribution is 2.34. The largest absolute Gasteiger partial charge is 0.419 e. The SMILES string of the molecule is O=C(Nc1ccc(C(F)(F)F)c(Cl)n1)Oc1ccccc1. The highest BCUT2D eigenvalue weighted by molar-refractivity contribution is 6.30. The maximum atomic E-state index is 12.5. The van der Waals surface area contributed by atoms with E-state index in [-0.39, 0.29) is 11.6 Å². The Bertz CT molecular complexity index is 648. The van der Waals surface area contributed by atoms with Crippen molar-refractivity contribution >= 4 is 23.5 Å². The van der Waals surface area contributed by atoms with Crippen molar-refractivity contribution in [2.45, 2.75) is 6.18 Å². The molecule has 0 atom stereocenters. The van der Waals surface area contributed by atoms with Gasteiger partial charge in [0.25, 0.3) is 0 Å². The summed E-state index contributed by atoms with van der Waals surface area (Å²) in [5.74, 6) is 0.141. The van der Waals surface area contributed by atoms with Crippen LogP contribution in [0.25, 0.3) is 0 Å². The maximum Gasteiger partial charge on any atom is 0.419 e. The second-order valence-electron chi connectivity index (χ2n) is 3.86. The molecule has 2 aromatic rings. The van der Waals surface area contributed by atoms with E-state index in [0.717, 1.165) is 12.1 Å². The van der Waals surface area contributed by atoms with Gasteiger partial charge in [0.05, 0.1) is 5.56 Å². The number of pyridine rings is 1. The van der Waals surface area contributed by atoms with E-state index < -0.39 is 23.0 Å². The van der Waals surface area contributed by atoms with E-state index in [9.17, 15) is 18.0 Å². The number of hydrogen-bond donors (Lipinski definition) is 1. The lowest BCUT2D eigenvalue weighted by Crippen LogP contribution is -2.18. The Morgan fingerprint density at radius 1 is 1.14 bits per heavy atom. The first-order chi connectivity index (χ1) is 9.86. The Labute approximate surface area is 122 Å². The fourth-order valence-corrected chi connectivity index (χ4v) is 1.70. The molecule has 0 fully saturated rings. The smallest absolute Gasteiger partial charge is 0.410 e. The molecule has 0 saturated carbocycles. The van der Waals surface area contributed by atoms with Crippen molar-refractivity contribution in [3.8, 4) is 5.75 Å². The van der Waals surface area contributed by atoms with Crippen LogP contribution >= 0.6 is 11.6 Å². The first-order valence-corrected chi connectivity index (χ1v) is 6.01. The standard InChI is InChI=1S/C13H8ClF3N2O2/c14-11-9(13(15,16)17)6-7-10(18-11)19-12(20)21-8-4-2-1-3-5-8/h1-7H,(H,18,19,20). The average Bonchev–Trinajstić information content (AvgIpc) is 2.38. The summed E-state index contributed by atoms with van der Waals surface area (Å²) in [4.78, 5) is 15.0. The highest BCUT2D eigenvalue weighted by Gasteiger charge is 2.34. The van der Waals surface area contributed by atoms with E-state index in [1.807, 2.05) is 0 Å². The zero-order valence-corrected chi connectivity index (χ0v) is 11.1. The summed E-state index contributed by atoms with van der Waals surface area (Å²) >= 11 is 5.43. The van der Waals surface area contributed by atoms with Crippen LogP contribution in [0.3, 0.4) is 0 Å². The molecule has 2 rings (SSSR count). The van der Waals surface area contributed by atoms with Crippen LogP contribution in [-0.4, -0.2) is 11.1 Å². The van der Waals surface area contributed by atoms with E-state index in [2.05, 4.69) is 10.3 Å². The molecule has 0 saturated heterocycles. The van der Waals surface area contributed by atoms with Crippen molar-refractivity contribution in [3.63, 3.8) is 0 Å². The molecule has 1 aromatic carbocycles. The van der Waals surface area contributed by atoms with Gasteiger partial charge in [0.15, 0.2) is 0 Å². The van der Waals surface area contributed by atoms with Crippen LogP contribution < -0.4 is 10.1 Å². The Kier molecular flexibility index (Phi) is 4.32. The number of nitrogens with zero attached hydrogens (tertiary/aromatic N) is 1. The summed E-state index contributed by atoms with van der Waals surface area (Å²) in [6, 6.07) is 9.88. The van der Waals surface area contributed by atoms with Gasteiger partial charge in [-0.2, -0.15) is 13.2 Å². The summed E-state index contributed by atoms with van der Waals surface area (Å²) in [6.07, 6.45) is -5.49. The van der Waals surface area contributed by atoms with Gasteiger partial charge in [-0.25, -0.2) is 9.78 Å². The number of halogens is 4. The third-order valence-electron chi connectivity index (χ3n) is 2.34. The van der Waals surface area contributed by atoms with E-state index >= 15 is 0 Å². The monoisotopic (exact) mass is 316 g/mol. The number of para-hydroxylation sites is 1. The normalized spacial score (nSPS) is 11.0. The molecule has 1 aromatic heterocycles. The highest BCUT2D eigenvalue weighted by atomic mass is 35.5. The average molecular weight is 317 g/mol. The predicted octanol–water partition coefficient (Wildman–Crippen LogP) is 4.36. The van der Waals surface area contributed by atoms with Gasteiger partial charge in [-0.05, 0) is 24.3 Å². The number of alkyl halides is 3. The summed E-state index contributed by atoms with van der Waals surface area (Å²) in [6.45, 7) is 0. The number of aromatic nitrogens is 1. The van der Waals surface area contributed by atoms with Gasteiger partial charge < -0.3 is 4.74 Å². The molecule has 21 heavy (non-hydrogen) atoms. The molecular weight excluding hydrogens is 309 g/mol. The Morgan fingerprint density at radius 2 is 1.81 bits per heavy atom. The van der Waals surface area contributed by atoms with Crippen LogP contribution in [0.1, 0.15) is 5.56 Å². The van der Waals surface area contributed by atoms with Gasteiger partial charge in [0.1, 0.15) is 16.7 Å². The van der Waals surface area contributed by atoms with Gasteiger partial charge in [-0.15, -0.1) is 0 Å². The molecule has 1 amide bonds. The van der Waals surface area contributed by atoms with Crippen LogP contribution in [0.5, 0.6) is 5.75 Å². The molecule has 1 heterocycles. The number of carbonyl (C=O) groups is 1. The van der Waals surface area contributed by atoms with E-state index in [1.165, 1.54) is 0 Å². The summed E-state index contributed by atoms with van der Waals surface area (Å²) < 4.78 is 42.4. The van der Waals surface area contributed by atoms with E-state index in [0.29, 0.717) is 0 Å². The minimum atomic E-state index is -4.60. The molecule has 0 radical (unpaired) electrons. The van der Waals surface area contributed by atoms with Crippen molar-refractivity contribution in [1.82, 2.24) is 4.98 Å². The molecule has 0 aliphatic carbocycles. The molecule has 0 aliphatic heterocycles. The van der Waals surface area contributed by atoms with Crippen molar-refractivity contribution in [2.75, 3.05) is 5.32 Å². The predicted molar refractivity (Wildman–Crippen MR) is 70.3 cm³/mol. The first kappa shape index (κ1) is 15.1. The number of nitrogens with one attached hydrogen (secondary N) is 1. The number of carbonyl (C=O) groups excluding carboxylic acids is 1. The number of anilines is 1. The van der Waals surface area contributed by atoms with Crippen molar-refractivity contribution in [1.29, 1.82) is 0 Å². The number of amides is 1. The fraction of sp³-hybridized carbons (Fsp3) is 0.0769. The minimum Gasteiger partial charge on any atom is -0.410 e. The van der Waals surface area contributed by atoms with Gasteiger partial charge in [-0.3, -0.25) is 5.32 Å². The van der Waals surface area contributed by atoms with Gasteiger partial charge >= 0.3 is 12.3 Å². The molecule has 110 valence electrons. The molecule has 0 bridgehead atoms. The zero-order chi connectivity index (χ0) is 15.5. The summed E-state index contributed by atoms with van der Waals surface area (Å²) in [5.41, 5.74) is -1.08. The third kappa shape index (κ3) is 4.09. The van der Waals surface area contributed by atoms with Crippen molar-refractivity contribution in [3.05, 3.63) is 53.2 Å². The summed E-state index contributed by atoms with van der Waals surface area (Å²) in [5, 5.41) is 1.44. The quantitative estimate of drug-likeness (QED) is 0.837. The van der Waals surface area contributed by atoms with Crippen molar-refractivity contribution in [2.24, 2.45) is 0 Å². The minimum absolute atomic E-state index is 0.145. The molecular formula is C13H8ClF3N2O2. The molecule has 1 N–H and O–H groups in total. The van der Waals surface area contributed by atoms with Crippen molar-refractivity contribution < 1.29 is 22.7 Å². The first-order valence-electron chi connectivity index (χ1n) is 5.64. The van der Waals surface area contributed by atoms with Crippen LogP contribution in [0.15, 0.2) is 42.5 Å². The van der Waals surface area contributed by atoms with Gasteiger partial charge in [0.2, 0.25) is 0 Å². The van der Waals surface area contributed by atoms with Crippen LogP contribution in [0.4, 0.5) is 23.8 Å². The Hall–Kier alpha value is -2.28. The number of ether oxygens (including phenoxy) is 1. The lowest BCUT2D eigenvalue weighted by Gasteiger charge is -2.10. The lowest BCUT2D eigenvalue weighted by molar-refractivity contribution is -0.137. The molecule has 0 spiro atoms. The zero-order valence-electron chi connectivity index (χ0n) is 10.3. The second kappa shape index (κ2) is 6.01. The van der Waals surface area contributed by atoms with Gasteiger partial charge in [-0.1, -0.05) is 29.8 Å². The Morgan fingerprint density at radius 3 is 2.38 bits per heavy atom. The second-order valence-corrected chi connectivity index (χ2v) is 4.22. The van der Waals surface area contributed by atoms with Crippen LogP contribution in [0, 0.1) is 0 Å². The van der Waals surface area contributed by atoms with E-state index in [1.54, 1.807) is 30.3 Å². The molecule has 0 unspecified atom stereocenters. The lowest BCUT2D eigenvalue weighted by atomic mass is 10.3. The molecule has 8 heteroatoms. The number of hydrogen-bond acceptors (Lipinski definition) is 3. The number of rotatable bonds is 2. The molecule has 4 nitrogen and oxygen atoms in total. The summed E-state index contributed by atoms with van der Waals surface area (Å²) in [7, 11) is 0. The van der Waals surface area contributed by atoms with E-state index in [4.69, 9.17) is 16.3 Å².